The van der Waals surface area contributed by atoms with Gasteiger partial charge in [0.25, 0.3) is 0 Å². The van der Waals surface area contributed by atoms with Crippen LogP contribution >= 0.6 is 15.9 Å². The molecule has 1 unspecified atom stereocenters. The highest BCUT2D eigenvalue weighted by Gasteiger charge is 2.14. The lowest BCUT2D eigenvalue weighted by atomic mass is 10.0. The second kappa shape index (κ2) is 6.76. The summed E-state index contributed by atoms with van der Waals surface area (Å²) in [6.07, 6.45) is 3.79. The molecule has 0 aliphatic carbocycles. The fourth-order valence-electron chi connectivity index (χ4n) is 1.98. The van der Waals surface area contributed by atoms with Crippen LogP contribution in [0, 0.1) is 0 Å². The van der Waals surface area contributed by atoms with Crippen LogP contribution < -0.4 is 5.32 Å². The monoisotopic (exact) mass is 307 g/mol. The highest BCUT2D eigenvalue weighted by molar-refractivity contribution is 9.10. The molecule has 0 aliphatic rings. The summed E-state index contributed by atoms with van der Waals surface area (Å²) in [7, 11) is 0. The van der Waals surface area contributed by atoms with Crippen LogP contribution in [0.4, 0.5) is 0 Å². The van der Waals surface area contributed by atoms with Crippen molar-refractivity contribution in [3.63, 3.8) is 0 Å². The normalized spacial score (nSPS) is 12.6. The summed E-state index contributed by atoms with van der Waals surface area (Å²) in [5.41, 5.74) is 1.30. The molecule has 1 N–H and O–H groups in total. The van der Waals surface area contributed by atoms with E-state index in [1.54, 1.807) is 6.26 Å². The molecule has 1 aromatic heterocycles. The molecule has 0 bridgehead atoms. The van der Waals surface area contributed by atoms with Gasteiger partial charge in [0, 0.05) is 4.47 Å². The van der Waals surface area contributed by atoms with E-state index in [4.69, 9.17) is 4.42 Å². The standard InChI is InChI=1S/C15H18BrNO/c1-2-8-17-14(15-7-4-9-18-15)11-12-5-3-6-13(16)10-12/h3-7,9-10,14,17H,2,8,11H2,1H3. The lowest BCUT2D eigenvalue weighted by Gasteiger charge is -2.16. The minimum Gasteiger partial charge on any atom is -0.468 e. The van der Waals surface area contributed by atoms with Crippen LogP contribution in [-0.4, -0.2) is 6.54 Å². The molecule has 0 aliphatic heterocycles. The Morgan fingerprint density at radius 1 is 1.28 bits per heavy atom. The van der Waals surface area contributed by atoms with Crippen LogP contribution in [0.1, 0.15) is 30.7 Å². The van der Waals surface area contributed by atoms with Gasteiger partial charge < -0.3 is 9.73 Å². The lowest BCUT2D eigenvalue weighted by molar-refractivity contribution is 0.410. The Hall–Kier alpha value is -1.06. The zero-order valence-electron chi connectivity index (χ0n) is 10.5. The number of rotatable bonds is 6. The second-order valence-corrected chi connectivity index (χ2v) is 5.27. The molecule has 0 saturated heterocycles. The smallest absolute Gasteiger partial charge is 0.121 e. The van der Waals surface area contributed by atoms with E-state index in [1.807, 2.05) is 18.2 Å². The van der Waals surface area contributed by atoms with Gasteiger partial charge in [0.05, 0.1) is 12.3 Å². The Labute approximate surface area is 117 Å². The molecule has 1 atom stereocenters. The predicted molar refractivity (Wildman–Crippen MR) is 77.6 cm³/mol. The van der Waals surface area contributed by atoms with Gasteiger partial charge >= 0.3 is 0 Å². The minimum atomic E-state index is 0.245. The number of furan rings is 1. The maximum atomic E-state index is 5.52. The van der Waals surface area contributed by atoms with Crippen molar-refractivity contribution in [1.29, 1.82) is 0 Å². The molecule has 1 aromatic carbocycles. The third-order valence-electron chi connectivity index (χ3n) is 2.86. The lowest BCUT2D eigenvalue weighted by Crippen LogP contribution is -2.23. The summed E-state index contributed by atoms with van der Waals surface area (Å²) in [6.45, 7) is 3.17. The van der Waals surface area contributed by atoms with Gasteiger partial charge in [-0.2, -0.15) is 0 Å². The van der Waals surface area contributed by atoms with E-state index < -0.39 is 0 Å². The Morgan fingerprint density at radius 3 is 2.83 bits per heavy atom. The first-order chi connectivity index (χ1) is 8.79. The van der Waals surface area contributed by atoms with E-state index in [2.05, 4.69) is 46.4 Å². The highest BCUT2D eigenvalue weighted by Crippen LogP contribution is 2.21. The van der Waals surface area contributed by atoms with Crippen molar-refractivity contribution in [3.05, 3.63) is 58.5 Å². The quantitative estimate of drug-likeness (QED) is 0.859. The van der Waals surface area contributed by atoms with Crippen LogP contribution in [0.15, 0.2) is 51.6 Å². The zero-order chi connectivity index (χ0) is 12.8. The number of hydrogen-bond acceptors (Lipinski definition) is 2. The van der Waals surface area contributed by atoms with Crippen LogP contribution in [0.2, 0.25) is 0 Å². The Bertz CT molecular complexity index is 467. The summed E-state index contributed by atoms with van der Waals surface area (Å²) in [5, 5.41) is 3.53. The molecule has 0 spiro atoms. The largest absolute Gasteiger partial charge is 0.468 e. The fraction of sp³-hybridized carbons (Fsp3) is 0.333. The summed E-state index contributed by atoms with van der Waals surface area (Å²) in [5.74, 6) is 1.00. The average Bonchev–Trinajstić information content (AvgIpc) is 2.88. The van der Waals surface area contributed by atoms with Gasteiger partial charge in [0.15, 0.2) is 0 Å². The highest BCUT2D eigenvalue weighted by atomic mass is 79.9. The molecule has 3 heteroatoms. The number of benzene rings is 1. The van der Waals surface area contributed by atoms with E-state index in [1.165, 1.54) is 5.56 Å². The molecular formula is C15H18BrNO. The zero-order valence-corrected chi connectivity index (χ0v) is 12.1. The van der Waals surface area contributed by atoms with Crippen LogP contribution in [0.3, 0.4) is 0 Å². The van der Waals surface area contributed by atoms with Gasteiger partial charge in [0.2, 0.25) is 0 Å². The molecule has 2 nitrogen and oxygen atoms in total. The van der Waals surface area contributed by atoms with Crippen molar-refractivity contribution in [3.8, 4) is 0 Å². The summed E-state index contributed by atoms with van der Waals surface area (Å²) in [6, 6.07) is 12.6. The predicted octanol–water partition coefficient (Wildman–Crippen LogP) is 4.33. The first-order valence-electron chi connectivity index (χ1n) is 6.31. The molecule has 2 rings (SSSR count). The number of hydrogen-bond donors (Lipinski definition) is 1. The van der Waals surface area contributed by atoms with Crippen molar-refractivity contribution in [2.75, 3.05) is 6.54 Å². The maximum Gasteiger partial charge on any atom is 0.121 e. The average molecular weight is 308 g/mol. The second-order valence-electron chi connectivity index (χ2n) is 4.36. The molecule has 18 heavy (non-hydrogen) atoms. The Kier molecular flexibility index (Phi) is 5.02. The van der Waals surface area contributed by atoms with Gasteiger partial charge in [-0.05, 0) is 49.2 Å². The van der Waals surface area contributed by atoms with E-state index in [0.29, 0.717) is 0 Å². The first kappa shape index (κ1) is 13.4. The Balaban J connectivity index is 2.10. The number of nitrogens with one attached hydrogen (secondary N) is 1. The Morgan fingerprint density at radius 2 is 2.17 bits per heavy atom. The first-order valence-corrected chi connectivity index (χ1v) is 7.10. The molecular weight excluding hydrogens is 290 g/mol. The minimum absolute atomic E-state index is 0.245. The maximum absolute atomic E-state index is 5.52. The van der Waals surface area contributed by atoms with E-state index in [-0.39, 0.29) is 6.04 Å². The third kappa shape index (κ3) is 3.72. The van der Waals surface area contributed by atoms with Crippen molar-refractivity contribution < 1.29 is 4.42 Å². The molecule has 96 valence electrons. The van der Waals surface area contributed by atoms with Crippen LogP contribution in [0.25, 0.3) is 0 Å². The molecule has 0 fully saturated rings. The summed E-state index contributed by atoms with van der Waals surface area (Å²) < 4.78 is 6.64. The van der Waals surface area contributed by atoms with Gasteiger partial charge in [-0.15, -0.1) is 0 Å². The van der Waals surface area contributed by atoms with Gasteiger partial charge in [-0.3, -0.25) is 0 Å². The van der Waals surface area contributed by atoms with Crippen LogP contribution in [-0.2, 0) is 6.42 Å². The number of halogens is 1. The van der Waals surface area contributed by atoms with Gasteiger partial charge in [0.1, 0.15) is 5.76 Å². The van der Waals surface area contributed by atoms with E-state index in [9.17, 15) is 0 Å². The summed E-state index contributed by atoms with van der Waals surface area (Å²) in [4.78, 5) is 0. The molecule has 0 saturated carbocycles. The SMILES string of the molecule is CCCNC(Cc1cccc(Br)c1)c1ccco1. The summed E-state index contributed by atoms with van der Waals surface area (Å²) >= 11 is 3.51. The van der Waals surface area contributed by atoms with Crippen molar-refractivity contribution >= 4 is 15.9 Å². The topological polar surface area (TPSA) is 25.2 Å². The molecule has 2 aromatic rings. The van der Waals surface area contributed by atoms with Crippen molar-refractivity contribution in [2.45, 2.75) is 25.8 Å². The van der Waals surface area contributed by atoms with Crippen molar-refractivity contribution in [2.24, 2.45) is 0 Å². The van der Waals surface area contributed by atoms with Gasteiger partial charge in [-0.25, -0.2) is 0 Å². The third-order valence-corrected chi connectivity index (χ3v) is 3.35. The fourth-order valence-corrected chi connectivity index (χ4v) is 2.43. The molecule has 1 heterocycles. The molecule has 0 radical (unpaired) electrons. The van der Waals surface area contributed by atoms with Crippen LogP contribution in [0.5, 0.6) is 0 Å². The molecule has 0 amide bonds. The van der Waals surface area contributed by atoms with Crippen molar-refractivity contribution in [1.82, 2.24) is 5.32 Å². The van der Waals surface area contributed by atoms with E-state index >= 15 is 0 Å². The van der Waals surface area contributed by atoms with E-state index in [0.717, 1.165) is 29.6 Å². The van der Waals surface area contributed by atoms with Gasteiger partial charge in [-0.1, -0.05) is 35.0 Å².